The molecular formula is C17H16ClNO2S. The molecule has 5 heteroatoms. The number of halogens is 1. The van der Waals surface area contributed by atoms with Crippen molar-refractivity contribution < 1.29 is 9.59 Å². The van der Waals surface area contributed by atoms with Crippen LogP contribution in [0.25, 0.3) is 0 Å². The topological polar surface area (TPSA) is 46.2 Å². The molecule has 1 amide bonds. The Bertz CT molecular complexity index is 723. The molecule has 1 aliphatic rings. The molecule has 2 aromatic rings. The molecule has 0 fully saturated rings. The molecule has 1 aromatic heterocycles. The highest BCUT2D eigenvalue weighted by Gasteiger charge is 2.14. The maximum Gasteiger partial charge on any atom is 0.224 e. The van der Waals surface area contributed by atoms with Crippen LogP contribution < -0.4 is 5.32 Å². The summed E-state index contributed by atoms with van der Waals surface area (Å²) < 4.78 is 0.589. The van der Waals surface area contributed by atoms with Crippen molar-refractivity contribution in [2.75, 3.05) is 5.32 Å². The van der Waals surface area contributed by atoms with Crippen LogP contribution in [0.5, 0.6) is 0 Å². The van der Waals surface area contributed by atoms with E-state index in [1.165, 1.54) is 28.9 Å². The zero-order valence-corrected chi connectivity index (χ0v) is 13.6. The number of anilines is 1. The van der Waals surface area contributed by atoms with E-state index in [-0.39, 0.29) is 24.5 Å². The maximum absolute atomic E-state index is 12.0. The average Bonchev–Trinajstić information content (AvgIpc) is 3.13. The normalized spacial score (nSPS) is 13.0. The summed E-state index contributed by atoms with van der Waals surface area (Å²) >= 11 is 7.06. The first-order valence-electron chi connectivity index (χ1n) is 7.32. The van der Waals surface area contributed by atoms with E-state index >= 15 is 0 Å². The van der Waals surface area contributed by atoms with Crippen molar-refractivity contribution in [1.29, 1.82) is 0 Å². The highest BCUT2D eigenvalue weighted by Crippen LogP contribution is 2.25. The number of fused-ring (bicyclic) bond motifs is 1. The Hall–Kier alpha value is -1.65. The van der Waals surface area contributed by atoms with Gasteiger partial charge in [0.1, 0.15) is 0 Å². The smallest absolute Gasteiger partial charge is 0.224 e. The summed E-state index contributed by atoms with van der Waals surface area (Å²) in [7, 11) is 0. The van der Waals surface area contributed by atoms with Crippen LogP contribution in [0.3, 0.4) is 0 Å². The van der Waals surface area contributed by atoms with E-state index in [1.54, 1.807) is 12.1 Å². The lowest BCUT2D eigenvalue weighted by Crippen LogP contribution is -2.13. The number of nitrogens with one attached hydrogen (secondary N) is 1. The number of carbonyl (C=O) groups excluding carboxylic acids is 2. The zero-order valence-electron chi connectivity index (χ0n) is 12.0. The summed E-state index contributed by atoms with van der Waals surface area (Å²) in [4.78, 5) is 24.5. The predicted octanol–water partition coefficient (Wildman–Crippen LogP) is 4.49. The van der Waals surface area contributed by atoms with Gasteiger partial charge in [-0.25, -0.2) is 0 Å². The summed E-state index contributed by atoms with van der Waals surface area (Å²) in [6, 6.07) is 9.46. The molecule has 1 N–H and O–H groups in total. The number of hydrogen-bond acceptors (Lipinski definition) is 3. The van der Waals surface area contributed by atoms with Gasteiger partial charge in [0.2, 0.25) is 5.91 Å². The minimum Gasteiger partial charge on any atom is -0.326 e. The van der Waals surface area contributed by atoms with Gasteiger partial charge in [0.25, 0.3) is 0 Å². The van der Waals surface area contributed by atoms with E-state index in [4.69, 9.17) is 11.6 Å². The lowest BCUT2D eigenvalue weighted by Gasteiger charge is -2.07. The third-order valence-corrected chi connectivity index (χ3v) is 5.08. The molecule has 0 radical (unpaired) electrons. The minimum atomic E-state index is -0.131. The number of benzene rings is 1. The van der Waals surface area contributed by atoms with E-state index < -0.39 is 0 Å². The Kier molecular flexibility index (Phi) is 4.60. The van der Waals surface area contributed by atoms with Crippen molar-refractivity contribution in [2.24, 2.45) is 0 Å². The molecule has 3 nitrogen and oxygen atoms in total. The van der Waals surface area contributed by atoms with Gasteiger partial charge in [-0.1, -0.05) is 17.7 Å². The summed E-state index contributed by atoms with van der Waals surface area (Å²) in [5.41, 5.74) is 3.52. The predicted molar refractivity (Wildman–Crippen MR) is 90.0 cm³/mol. The Labute approximate surface area is 138 Å². The molecule has 0 spiro atoms. The first-order chi connectivity index (χ1) is 10.6. The minimum absolute atomic E-state index is 0.0407. The summed E-state index contributed by atoms with van der Waals surface area (Å²) in [6.45, 7) is 0. The molecule has 0 atom stereocenters. The molecule has 0 unspecified atom stereocenters. The molecule has 114 valence electrons. The van der Waals surface area contributed by atoms with Crippen LogP contribution in [0.2, 0.25) is 4.34 Å². The van der Waals surface area contributed by atoms with Crippen LogP contribution >= 0.6 is 22.9 Å². The van der Waals surface area contributed by atoms with E-state index in [0.29, 0.717) is 9.21 Å². The first kappa shape index (κ1) is 15.3. The molecule has 0 saturated carbocycles. The van der Waals surface area contributed by atoms with Crippen molar-refractivity contribution in [2.45, 2.75) is 32.1 Å². The summed E-state index contributed by atoms with van der Waals surface area (Å²) in [5.74, 6) is -0.171. The summed E-state index contributed by atoms with van der Waals surface area (Å²) in [6.07, 6.45) is 3.78. The second-order valence-electron chi connectivity index (χ2n) is 5.41. The Balaban J connectivity index is 1.53. The van der Waals surface area contributed by atoms with E-state index in [9.17, 15) is 9.59 Å². The molecule has 1 aromatic carbocycles. The number of hydrogen-bond donors (Lipinski definition) is 1. The van der Waals surface area contributed by atoms with Crippen molar-refractivity contribution in [3.8, 4) is 0 Å². The molecular weight excluding hydrogens is 318 g/mol. The number of amides is 1. The van der Waals surface area contributed by atoms with Gasteiger partial charge in [-0.05, 0) is 54.7 Å². The number of Topliss-reactive ketones (excluding diaryl/α,β-unsaturated/α-hetero) is 1. The van der Waals surface area contributed by atoms with E-state index in [1.807, 2.05) is 12.1 Å². The Morgan fingerprint density at radius 2 is 1.91 bits per heavy atom. The average molecular weight is 334 g/mol. The van der Waals surface area contributed by atoms with Crippen molar-refractivity contribution in [3.05, 3.63) is 50.7 Å². The molecule has 3 rings (SSSR count). The fourth-order valence-electron chi connectivity index (χ4n) is 2.69. The third-order valence-electron chi connectivity index (χ3n) is 3.81. The molecule has 0 bridgehead atoms. The first-order valence-corrected chi connectivity index (χ1v) is 8.51. The van der Waals surface area contributed by atoms with Crippen LogP contribution in [-0.4, -0.2) is 11.7 Å². The quantitative estimate of drug-likeness (QED) is 0.819. The number of carbonyl (C=O) groups is 2. The molecule has 0 aliphatic heterocycles. The zero-order chi connectivity index (χ0) is 15.5. The van der Waals surface area contributed by atoms with E-state index in [2.05, 4.69) is 11.4 Å². The fraction of sp³-hybridized carbons (Fsp3) is 0.294. The highest BCUT2D eigenvalue weighted by atomic mass is 35.5. The van der Waals surface area contributed by atoms with Crippen molar-refractivity contribution in [3.63, 3.8) is 0 Å². The lowest BCUT2D eigenvalue weighted by atomic mass is 10.1. The highest BCUT2D eigenvalue weighted by molar-refractivity contribution is 7.18. The number of rotatable bonds is 5. The van der Waals surface area contributed by atoms with Crippen LogP contribution in [0.4, 0.5) is 5.69 Å². The Morgan fingerprint density at radius 1 is 1.09 bits per heavy atom. The second-order valence-corrected chi connectivity index (χ2v) is 7.13. The number of aryl methyl sites for hydroxylation is 2. The number of ketones is 1. The summed E-state index contributed by atoms with van der Waals surface area (Å²) in [5, 5.41) is 2.87. The molecule has 1 aliphatic carbocycles. The van der Waals surface area contributed by atoms with Gasteiger partial charge in [0.05, 0.1) is 9.21 Å². The van der Waals surface area contributed by atoms with Crippen LogP contribution in [0, 0.1) is 0 Å². The van der Waals surface area contributed by atoms with Gasteiger partial charge in [-0.15, -0.1) is 11.3 Å². The lowest BCUT2D eigenvalue weighted by molar-refractivity contribution is -0.116. The standard InChI is InChI=1S/C17H16ClNO2S/c18-16-8-7-15(22-16)14(20)6-9-17(21)19-13-5-4-11-2-1-3-12(11)10-13/h4-5,7-8,10H,1-3,6,9H2,(H,19,21). The van der Waals surface area contributed by atoms with Gasteiger partial charge >= 0.3 is 0 Å². The van der Waals surface area contributed by atoms with Gasteiger partial charge in [-0.3, -0.25) is 9.59 Å². The van der Waals surface area contributed by atoms with Gasteiger partial charge in [0.15, 0.2) is 5.78 Å². The molecule has 22 heavy (non-hydrogen) atoms. The van der Waals surface area contributed by atoms with Gasteiger partial charge < -0.3 is 5.32 Å². The third kappa shape index (κ3) is 3.57. The van der Waals surface area contributed by atoms with Crippen LogP contribution in [0.1, 0.15) is 40.1 Å². The van der Waals surface area contributed by atoms with Crippen molar-refractivity contribution in [1.82, 2.24) is 0 Å². The van der Waals surface area contributed by atoms with Crippen LogP contribution in [0.15, 0.2) is 30.3 Å². The monoisotopic (exact) mass is 333 g/mol. The largest absolute Gasteiger partial charge is 0.326 e. The molecule has 1 heterocycles. The van der Waals surface area contributed by atoms with E-state index in [0.717, 1.165) is 18.5 Å². The second kappa shape index (κ2) is 6.63. The van der Waals surface area contributed by atoms with Gasteiger partial charge in [0, 0.05) is 18.5 Å². The Morgan fingerprint density at radius 3 is 2.68 bits per heavy atom. The van der Waals surface area contributed by atoms with Gasteiger partial charge in [-0.2, -0.15) is 0 Å². The molecule has 0 saturated heterocycles. The SMILES string of the molecule is O=C(CCC(=O)c1ccc(Cl)s1)Nc1ccc2c(c1)CCC2. The van der Waals surface area contributed by atoms with Crippen LogP contribution in [-0.2, 0) is 17.6 Å². The van der Waals surface area contributed by atoms with Crippen molar-refractivity contribution >= 4 is 40.3 Å². The fourth-order valence-corrected chi connectivity index (χ4v) is 3.70. The number of thiophene rings is 1. The maximum atomic E-state index is 12.0.